The van der Waals surface area contributed by atoms with E-state index in [0.717, 1.165) is 0 Å². The molecule has 0 spiro atoms. The Hall–Kier alpha value is -0.810. The summed E-state index contributed by atoms with van der Waals surface area (Å²) in [4.78, 5) is 13.4. The first-order chi connectivity index (χ1) is 7.29. The fourth-order valence-electron chi connectivity index (χ4n) is 1.59. The van der Waals surface area contributed by atoms with Gasteiger partial charge in [-0.2, -0.15) is 0 Å². The van der Waals surface area contributed by atoms with Crippen molar-refractivity contribution in [3.63, 3.8) is 0 Å². The molecule has 0 bridgehead atoms. The van der Waals surface area contributed by atoms with Gasteiger partial charge in [0.25, 0.3) is 0 Å². The van der Waals surface area contributed by atoms with E-state index in [2.05, 4.69) is 5.32 Å². The van der Waals surface area contributed by atoms with Gasteiger partial charge in [-0.25, -0.2) is 4.79 Å². The van der Waals surface area contributed by atoms with E-state index in [-0.39, 0.29) is 12.1 Å². The lowest BCUT2D eigenvalue weighted by atomic mass is 10.1. The van der Waals surface area contributed by atoms with Crippen molar-refractivity contribution in [1.82, 2.24) is 10.2 Å². The predicted molar refractivity (Wildman–Crippen MR) is 61.3 cm³/mol. The minimum atomic E-state index is -0.470. The molecule has 0 aliphatic carbocycles. The van der Waals surface area contributed by atoms with E-state index in [1.165, 1.54) is 0 Å². The van der Waals surface area contributed by atoms with Crippen LogP contribution in [0, 0.1) is 0 Å². The summed E-state index contributed by atoms with van der Waals surface area (Å²) in [5.41, 5.74) is -0.470. The van der Waals surface area contributed by atoms with Crippen molar-refractivity contribution in [2.45, 2.75) is 45.4 Å². The zero-order chi connectivity index (χ0) is 12.3. The molecule has 5 heteroatoms. The van der Waals surface area contributed by atoms with E-state index in [0.29, 0.717) is 19.6 Å². The molecule has 1 heterocycles. The number of carbonyl (C=O) groups excluding carboxylic acids is 1. The van der Waals surface area contributed by atoms with Gasteiger partial charge in [0.05, 0.1) is 12.1 Å². The van der Waals surface area contributed by atoms with Crippen molar-refractivity contribution in [3.8, 4) is 0 Å². The van der Waals surface area contributed by atoms with E-state index in [1.807, 2.05) is 20.8 Å². The molecule has 0 aromatic heterocycles. The number of carbonyl (C=O) groups is 1. The lowest BCUT2D eigenvalue weighted by Crippen LogP contribution is -2.57. The Bertz CT molecular complexity index is 248. The number of hydrogen-bond acceptors (Lipinski definition) is 4. The van der Waals surface area contributed by atoms with E-state index in [4.69, 9.17) is 4.74 Å². The number of aliphatic hydroxyl groups is 1. The van der Waals surface area contributed by atoms with Crippen LogP contribution >= 0.6 is 0 Å². The maximum atomic E-state index is 11.8. The minimum absolute atomic E-state index is 0.0683. The minimum Gasteiger partial charge on any atom is -0.444 e. The summed E-state index contributed by atoms with van der Waals surface area (Å²) in [6, 6.07) is -0.0683. The summed E-state index contributed by atoms with van der Waals surface area (Å²) in [6.07, 6.45) is -0.773. The fraction of sp³-hybridized carbons (Fsp3) is 0.909. The highest BCUT2D eigenvalue weighted by Crippen LogP contribution is 2.12. The third-order valence-corrected chi connectivity index (χ3v) is 2.44. The Morgan fingerprint density at radius 2 is 2.19 bits per heavy atom. The van der Waals surface area contributed by atoms with Gasteiger partial charge in [-0.1, -0.05) is 0 Å². The summed E-state index contributed by atoms with van der Waals surface area (Å²) < 4.78 is 5.28. The molecule has 0 aromatic rings. The average Bonchev–Trinajstić information content (AvgIpc) is 2.15. The zero-order valence-electron chi connectivity index (χ0n) is 10.5. The van der Waals surface area contributed by atoms with Crippen molar-refractivity contribution in [1.29, 1.82) is 0 Å². The number of piperazine rings is 1. The lowest BCUT2D eigenvalue weighted by molar-refractivity contribution is 0.0127. The molecule has 1 aliphatic rings. The molecule has 94 valence electrons. The van der Waals surface area contributed by atoms with E-state index in [1.54, 1.807) is 11.8 Å². The van der Waals surface area contributed by atoms with Gasteiger partial charge in [-0.15, -0.1) is 0 Å². The topological polar surface area (TPSA) is 61.8 Å². The van der Waals surface area contributed by atoms with Crippen LogP contribution in [-0.2, 0) is 4.74 Å². The maximum Gasteiger partial charge on any atom is 0.410 e. The smallest absolute Gasteiger partial charge is 0.410 e. The number of hydrogen-bond donors (Lipinski definition) is 2. The van der Waals surface area contributed by atoms with Gasteiger partial charge in [0.1, 0.15) is 5.60 Å². The molecular formula is C11H22N2O3. The van der Waals surface area contributed by atoms with Gasteiger partial charge in [-0.3, -0.25) is 0 Å². The first-order valence-corrected chi connectivity index (χ1v) is 5.69. The molecule has 2 atom stereocenters. The van der Waals surface area contributed by atoms with Gasteiger partial charge >= 0.3 is 6.09 Å². The Kier molecular flexibility index (Phi) is 4.15. The summed E-state index contributed by atoms with van der Waals surface area (Å²) in [6.45, 7) is 9.06. The molecule has 5 nitrogen and oxygen atoms in total. The first-order valence-electron chi connectivity index (χ1n) is 5.69. The van der Waals surface area contributed by atoms with Crippen molar-refractivity contribution >= 4 is 6.09 Å². The molecule has 1 fully saturated rings. The van der Waals surface area contributed by atoms with E-state index < -0.39 is 11.7 Å². The molecule has 16 heavy (non-hydrogen) atoms. The molecule has 1 saturated heterocycles. The van der Waals surface area contributed by atoms with Crippen molar-refractivity contribution < 1.29 is 14.6 Å². The number of amides is 1. The number of ether oxygens (including phenoxy) is 1. The molecule has 0 aromatic carbocycles. The average molecular weight is 230 g/mol. The molecule has 1 amide bonds. The van der Waals surface area contributed by atoms with Crippen LogP contribution in [0.25, 0.3) is 0 Å². The maximum absolute atomic E-state index is 11.8. The van der Waals surface area contributed by atoms with E-state index in [9.17, 15) is 9.90 Å². The summed E-state index contributed by atoms with van der Waals surface area (Å²) >= 11 is 0. The Labute approximate surface area is 96.8 Å². The molecule has 1 aliphatic heterocycles. The second-order valence-corrected chi connectivity index (χ2v) is 5.23. The van der Waals surface area contributed by atoms with Gasteiger partial charge < -0.3 is 20.1 Å². The highest BCUT2D eigenvalue weighted by Gasteiger charge is 2.28. The monoisotopic (exact) mass is 230 g/mol. The SMILES string of the molecule is C[C@H](O)C1CN(C(=O)OC(C)(C)C)CCN1. The van der Waals surface area contributed by atoms with Crippen molar-refractivity contribution in [2.75, 3.05) is 19.6 Å². The second-order valence-electron chi connectivity index (χ2n) is 5.23. The summed E-state index contributed by atoms with van der Waals surface area (Å²) in [5, 5.41) is 12.6. The quantitative estimate of drug-likeness (QED) is 0.691. The highest BCUT2D eigenvalue weighted by atomic mass is 16.6. The van der Waals surface area contributed by atoms with Crippen LogP contribution in [-0.4, -0.2) is 53.5 Å². The van der Waals surface area contributed by atoms with Crippen LogP contribution in [0.4, 0.5) is 4.79 Å². The normalized spacial score (nSPS) is 24.1. The molecule has 0 radical (unpaired) electrons. The Balaban J connectivity index is 2.50. The number of nitrogens with zero attached hydrogens (tertiary/aromatic N) is 1. The number of rotatable bonds is 1. The predicted octanol–water partition coefficient (Wildman–Crippen LogP) is 0.576. The lowest BCUT2D eigenvalue weighted by Gasteiger charge is -2.35. The van der Waals surface area contributed by atoms with Gasteiger partial charge in [0.15, 0.2) is 0 Å². The Morgan fingerprint density at radius 3 is 2.69 bits per heavy atom. The zero-order valence-corrected chi connectivity index (χ0v) is 10.5. The van der Waals surface area contributed by atoms with Crippen LogP contribution in [0.15, 0.2) is 0 Å². The van der Waals surface area contributed by atoms with Crippen LogP contribution in [0.2, 0.25) is 0 Å². The van der Waals surface area contributed by atoms with Crippen molar-refractivity contribution in [2.24, 2.45) is 0 Å². The summed E-state index contributed by atoms with van der Waals surface area (Å²) in [7, 11) is 0. The molecule has 2 N–H and O–H groups in total. The molecule has 1 rings (SSSR count). The largest absolute Gasteiger partial charge is 0.444 e. The van der Waals surface area contributed by atoms with Gasteiger partial charge in [0.2, 0.25) is 0 Å². The first kappa shape index (κ1) is 13.3. The van der Waals surface area contributed by atoms with Crippen LogP contribution in [0.3, 0.4) is 0 Å². The van der Waals surface area contributed by atoms with Crippen LogP contribution in [0.5, 0.6) is 0 Å². The second kappa shape index (κ2) is 5.01. The number of nitrogens with one attached hydrogen (secondary N) is 1. The molecule has 1 unspecified atom stereocenters. The van der Waals surface area contributed by atoms with Gasteiger partial charge in [-0.05, 0) is 27.7 Å². The third kappa shape index (κ3) is 3.98. The van der Waals surface area contributed by atoms with Gasteiger partial charge in [0, 0.05) is 19.6 Å². The van der Waals surface area contributed by atoms with E-state index >= 15 is 0 Å². The molecular weight excluding hydrogens is 208 g/mol. The Morgan fingerprint density at radius 1 is 1.56 bits per heavy atom. The van der Waals surface area contributed by atoms with Crippen molar-refractivity contribution in [3.05, 3.63) is 0 Å². The van der Waals surface area contributed by atoms with Crippen LogP contribution in [0.1, 0.15) is 27.7 Å². The third-order valence-electron chi connectivity index (χ3n) is 2.44. The number of aliphatic hydroxyl groups excluding tert-OH is 1. The van der Waals surface area contributed by atoms with Crippen LogP contribution < -0.4 is 5.32 Å². The highest BCUT2D eigenvalue weighted by molar-refractivity contribution is 5.68. The standard InChI is InChI=1S/C11H22N2O3/c1-8(14)9-7-13(6-5-12-9)10(15)16-11(2,3)4/h8-9,12,14H,5-7H2,1-4H3/t8-,9?/m0/s1. The fourth-order valence-corrected chi connectivity index (χ4v) is 1.59. The summed E-state index contributed by atoms with van der Waals surface area (Å²) in [5.74, 6) is 0. The molecule has 0 saturated carbocycles.